The lowest BCUT2D eigenvalue weighted by atomic mass is 10.1. The minimum atomic E-state index is 0.400. The fourth-order valence-corrected chi connectivity index (χ4v) is 3.29. The van der Waals surface area contributed by atoms with Crippen LogP contribution >= 0.6 is 23.5 Å². The molecule has 2 N–H and O–H groups in total. The minimum absolute atomic E-state index is 0.400. The first-order valence-electron chi connectivity index (χ1n) is 5.77. The molecule has 0 spiro atoms. The summed E-state index contributed by atoms with van der Waals surface area (Å²) in [7, 11) is 1.83. The quantitative estimate of drug-likeness (QED) is 0.449. The Hall–Kier alpha value is -0.0300. The van der Waals surface area contributed by atoms with Crippen LogP contribution in [0.4, 0.5) is 0 Å². The van der Waals surface area contributed by atoms with E-state index in [2.05, 4.69) is 40.6 Å². The van der Waals surface area contributed by atoms with Gasteiger partial charge in [-0.1, -0.05) is 0 Å². The molecule has 1 saturated heterocycles. The molecule has 3 nitrogen and oxygen atoms in total. The maximum absolute atomic E-state index is 4.23. The molecule has 0 aromatic rings. The molecular weight excluding hydrogens is 238 g/mol. The van der Waals surface area contributed by atoms with Crippen molar-refractivity contribution in [3.05, 3.63) is 0 Å². The molecule has 1 fully saturated rings. The van der Waals surface area contributed by atoms with Gasteiger partial charge in [0.25, 0.3) is 0 Å². The summed E-state index contributed by atoms with van der Waals surface area (Å²) in [4.78, 5) is 4.23. The van der Waals surface area contributed by atoms with E-state index in [9.17, 15) is 0 Å². The SMILES string of the molecule is CN=C(NCCSC)NCC1(C)CCCS1. The molecule has 0 amide bonds. The van der Waals surface area contributed by atoms with Gasteiger partial charge in [0.15, 0.2) is 5.96 Å². The number of hydrogen-bond acceptors (Lipinski definition) is 3. The van der Waals surface area contributed by atoms with Crippen molar-refractivity contribution in [2.75, 3.05) is 37.9 Å². The van der Waals surface area contributed by atoms with Crippen LogP contribution in [0.3, 0.4) is 0 Å². The van der Waals surface area contributed by atoms with Crippen LogP contribution in [0.1, 0.15) is 19.8 Å². The molecule has 1 aliphatic heterocycles. The van der Waals surface area contributed by atoms with Crippen LogP contribution in [0.25, 0.3) is 0 Å². The second-order valence-corrected chi connectivity index (χ2v) is 6.92. The molecule has 5 heteroatoms. The molecule has 0 radical (unpaired) electrons. The Morgan fingerprint density at radius 3 is 2.88 bits per heavy atom. The number of thioether (sulfide) groups is 2. The van der Waals surface area contributed by atoms with Crippen molar-refractivity contribution in [1.29, 1.82) is 0 Å². The van der Waals surface area contributed by atoms with Gasteiger partial charge in [0, 0.05) is 30.6 Å². The van der Waals surface area contributed by atoms with E-state index in [-0.39, 0.29) is 0 Å². The standard InChI is InChI=1S/C11H23N3S2/c1-11(5-4-7-16-11)9-14-10(12-2)13-6-8-15-3/h4-9H2,1-3H3,(H2,12,13,14). The summed E-state index contributed by atoms with van der Waals surface area (Å²) in [6, 6.07) is 0. The maximum atomic E-state index is 4.23. The summed E-state index contributed by atoms with van der Waals surface area (Å²) in [6.45, 7) is 4.33. The molecule has 0 aromatic heterocycles. The van der Waals surface area contributed by atoms with E-state index < -0.39 is 0 Å². The van der Waals surface area contributed by atoms with E-state index in [1.807, 2.05) is 18.8 Å². The van der Waals surface area contributed by atoms with Crippen LogP contribution in [-0.2, 0) is 0 Å². The molecule has 94 valence electrons. The van der Waals surface area contributed by atoms with Crippen molar-refractivity contribution in [1.82, 2.24) is 10.6 Å². The van der Waals surface area contributed by atoms with Gasteiger partial charge in [0.05, 0.1) is 0 Å². The van der Waals surface area contributed by atoms with Crippen molar-refractivity contribution < 1.29 is 0 Å². The van der Waals surface area contributed by atoms with Crippen molar-refractivity contribution in [2.45, 2.75) is 24.5 Å². The average molecular weight is 261 g/mol. The number of guanidine groups is 1. The number of hydrogen-bond donors (Lipinski definition) is 2. The molecule has 1 unspecified atom stereocenters. The van der Waals surface area contributed by atoms with Crippen molar-refractivity contribution >= 4 is 29.5 Å². The van der Waals surface area contributed by atoms with Crippen LogP contribution in [-0.4, -0.2) is 48.6 Å². The van der Waals surface area contributed by atoms with Gasteiger partial charge < -0.3 is 10.6 Å². The Morgan fingerprint density at radius 2 is 2.31 bits per heavy atom. The van der Waals surface area contributed by atoms with E-state index in [0.717, 1.165) is 24.8 Å². The van der Waals surface area contributed by atoms with Gasteiger partial charge in [-0.05, 0) is 31.8 Å². The molecule has 1 atom stereocenters. The largest absolute Gasteiger partial charge is 0.356 e. The smallest absolute Gasteiger partial charge is 0.191 e. The molecular formula is C11H23N3S2. The fourth-order valence-electron chi connectivity index (χ4n) is 1.74. The first-order chi connectivity index (χ1) is 7.70. The van der Waals surface area contributed by atoms with Crippen molar-refractivity contribution in [3.8, 4) is 0 Å². The molecule has 0 aromatic carbocycles. The fraction of sp³-hybridized carbons (Fsp3) is 0.909. The second-order valence-electron chi connectivity index (χ2n) is 4.25. The number of nitrogens with one attached hydrogen (secondary N) is 2. The Balaban J connectivity index is 2.23. The van der Waals surface area contributed by atoms with E-state index in [0.29, 0.717) is 4.75 Å². The van der Waals surface area contributed by atoms with Crippen molar-refractivity contribution in [3.63, 3.8) is 0 Å². The molecule has 16 heavy (non-hydrogen) atoms. The first kappa shape index (κ1) is 14.0. The van der Waals surface area contributed by atoms with E-state index in [1.54, 1.807) is 0 Å². The number of aliphatic imine (C=N–C) groups is 1. The Labute approximate surface area is 108 Å². The van der Waals surface area contributed by atoms with Crippen molar-refractivity contribution in [2.24, 2.45) is 4.99 Å². The van der Waals surface area contributed by atoms with Gasteiger partial charge in [-0.25, -0.2) is 0 Å². The van der Waals surface area contributed by atoms with Crippen LogP contribution in [0, 0.1) is 0 Å². The summed E-state index contributed by atoms with van der Waals surface area (Å²) in [6.07, 6.45) is 4.78. The van der Waals surface area contributed by atoms with Gasteiger partial charge in [0.2, 0.25) is 0 Å². The lowest BCUT2D eigenvalue weighted by Crippen LogP contribution is -2.44. The second kappa shape index (κ2) is 7.33. The Morgan fingerprint density at radius 1 is 1.50 bits per heavy atom. The maximum Gasteiger partial charge on any atom is 0.191 e. The van der Waals surface area contributed by atoms with Crippen LogP contribution in [0.2, 0.25) is 0 Å². The van der Waals surface area contributed by atoms with Gasteiger partial charge >= 0.3 is 0 Å². The summed E-state index contributed by atoms with van der Waals surface area (Å²) in [5.41, 5.74) is 0. The van der Waals surface area contributed by atoms with Gasteiger partial charge in [-0.15, -0.1) is 0 Å². The molecule has 0 aliphatic carbocycles. The molecule has 1 rings (SSSR count). The van der Waals surface area contributed by atoms with Crippen LogP contribution < -0.4 is 10.6 Å². The van der Waals surface area contributed by atoms with Gasteiger partial charge in [-0.3, -0.25) is 4.99 Å². The topological polar surface area (TPSA) is 36.4 Å². The highest BCUT2D eigenvalue weighted by Gasteiger charge is 2.29. The Kier molecular flexibility index (Phi) is 6.43. The molecule has 1 aliphatic rings. The highest BCUT2D eigenvalue weighted by molar-refractivity contribution is 8.00. The molecule has 1 heterocycles. The van der Waals surface area contributed by atoms with Gasteiger partial charge in [0.1, 0.15) is 0 Å². The summed E-state index contributed by atoms with van der Waals surface area (Å²) >= 11 is 3.92. The zero-order valence-electron chi connectivity index (χ0n) is 10.5. The average Bonchev–Trinajstić information content (AvgIpc) is 2.71. The zero-order chi connectivity index (χ0) is 11.9. The van der Waals surface area contributed by atoms with Crippen LogP contribution in [0.15, 0.2) is 4.99 Å². The third-order valence-corrected chi connectivity index (χ3v) is 4.90. The number of nitrogens with zero attached hydrogens (tertiary/aromatic N) is 1. The van der Waals surface area contributed by atoms with Gasteiger partial charge in [-0.2, -0.15) is 23.5 Å². The van der Waals surface area contributed by atoms with E-state index in [4.69, 9.17) is 0 Å². The molecule has 0 saturated carbocycles. The number of rotatable bonds is 5. The highest BCUT2D eigenvalue weighted by atomic mass is 32.2. The summed E-state index contributed by atoms with van der Waals surface area (Å²) < 4.78 is 0.400. The monoisotopic (exact) mass is 261 g/mol. The lowest BCUT2D eigenvalue weighted by Gasteiger charge is -2.24. The predicted molar refractivity (Wildman–Crippen MR) is 77.8 cm³/mol. The van der Waals surface area contributed by atoms with E-state index in [1.165, 1.54) is 18.6 Å². The normalized spacial score (nSPS) is 25.8. The zero-order valence-corrected chi connectivity index (χ0v) is 12.1. The lowest BCUT2D eigenvalue weighted by molar-refractivity contribution is 0.585. The summed E-state index contributed by atoms with van der Waals surface area (Å²) in [5.74, 6) is 3.35. The molecule has 0 bridgehead atoms. The summed E-state index contributed by atoms with van der Waals surface area (Å²) in [5, 5.41) is 6.74. The minimum Gasteiger partial charge on any atom is -0.356 e. The third kappa shape index (κ3) is 4.87. The van der Waals surface area contributed by atoms with E-state index >= 15 is 0 Å². The third-order valence-electron chi connectivity index (χ3n) is 2.75. The van der Waals surface area contributed by atoms with Crippen LogP contribution in [0.5, 0.6) is 0 Å². The first-order valence-corrected chi connectivity index (χ1v) is 8.15. The predicted octanol–water partition coefficient (Wildman–Crippen LogP) is 1.80. The highest BCUT2D eigenvalue weighted by Crippen LogP contribution is 2.36. The Bertz CT molecular complexity index is 225.